The van der Waals surface area contributed by atoms with Crippen molar-refractivity contribution >= 4 is 34.8 Å². The minimum atomic E-state index is -1.19. The van der Waals surface area contributed by atoms with Crippen molar-refractivity contribution in [2.45, 2.75) is 13.8 Å². The van der Waals surface area contributed by atoms with E-state index in [1.165, 1.54) is 12.1 Å². The number of aliphatic imine (C=N–C) groups is 1. The van der Waals surface area contributed by atoms with E-state index in [1.807, 2.05) is 79.1 Å². The largest absolute Gasteiger partial charge is 0.478 e. The van der Waals surface area contributed by atoms with E-state index in [1.54, 1.807) is 6.21 Å². The summed E-state index contributed by atoms with van der Waals surface area (Å²) < 4.78 is 7.75. The number of fused-ring (bicyclic) bond motifs is 1. The summed E-state index contributed by atoms with van der Waals surface area (Å²) in [6.45, 7) is 3.76. The van der Waals surface area contributed by atoms with Crippen LogP contribution < -0.4 is 0 Å². The van der Waals surface area contributed by atoms with Gasteiger partial charge in [0.15, 0.2) is 0 Å². The van der Waals surface area contributed by atoms with Gasteiger partial charge in [-0.1, -0.05) is 18.2 Å². The first-order valence-electron chi connectivity index (χ1n) is 11.2. The lowest BCUT2D eigenvalue weighted by Crippen LogP contribution is -2.07. The minimum Gasteiger partial charge on any atom is -0.478 e. The summed E-state index contributed by atoms with van der Waals surface area (Å²) in [6.07, 6.45) is 1.74. The van der Waals surface area contributed by atoms with Crippen molar-refractivity contribution in [2.24, 2.45) is 4.99 Å². The number of hydrogen-bond acceptors (Lipinski definition) is 4. The number of para-hydroxylation sites is 1. The number of nitrogens with zero attached hydrogens (tertiary/aromatic N) is 2. The fourth-order valence-electron chi connectivity index (χ4n) is 4.28. The van der Waals surface area contributed by atoms with E-state index in [2.05, 4.69) is 4.99 Å². The first-order valence-corrected chi connectivity index (χ1v) is 11.2. The fraction of sp³-hybridized carbons (Fsp3) is 0.0690. The predicted octanol–water partition coefficient (Wildman–Crippen LogP) is 6.65. The van der Waals surface area contributed by atoms with Crippen LogP contribution in [0.15, 0.2) is 88.3 Å². The highest BCUT2D eigenvalue weighted by molar-refractivity contribution is 5.95. The summed E-state index contributed by atoms with van der Waals surface area (Å²) in [5.74, 6) is -1.58. The van der Waals surface area contributed by atoms with Gasteiger partial charge in [0.2, 0.25) is 0 Å². The third kappa shape index (κ3) is 4.30. The van der Waals surface area contributed by atoms with E-state index in [0.29, 0.717) is 5.69 Å². The second-order valence-electron chi connectivity index (χ2n) is 8.49. The first kappa shape index (κ1) is 22.9. The lowest BCUT2D eigenvalue weighted by Gasteiger charge is -2.12. The lowest BCUT2D eigenvalue weighted by atomic mass is 10.1. The predicted molar refractivity (Wildman–Crippen MR) is 138 cm³/mol. The van der Waals surface area contributed by atoms with E-state index in [9.17, 15) is 19.8 Å². The minimum absolute atomic E-state index is 0.0860. The van der Waals surface area contributed by atoms with Gasteiger partial charge in [0, 0.05) is 39.8 Å². The molecule has 2 heterocycles. The third-order valence-corrected chi connectivity index (χ3v) is 6.07. The molecule has 0 atom stereocenters. The van der Waals surface area contributed by atoms with Gasteiger partial charge >= 0.3 is 11.9 Å². The molecule has 2 N–H and O–H groups in total. The van der Waals surface area contributed by atoms with Crippen LogP contribution in [0.4, 0.5) is 5.69 Å². The zero-order valence-corrected chi connectivity index (χ0v) is 19.6. The molecule has 0 radical (unpaired) electrons. The molecule has 2 aromatic heterocycles. The molecule has 0 saturated carbocycles. The average molecular weight is 479 g/mol. The summed E-state index contributed by atoms with van der Waals surface area (Å²) in [5.41, 5.74) is 5.34. The number of benzene rings is 3. The summed E-state index contributed by atoms with van der Waals surface area (Å²) in [5, 5.41) is 19.9. The first-order chi connectivity index (χ1) is 17.3. The maximum absolute atomic E-state index is 11.5. The third-order valence-electron chi connectivity index (χ3n) is 6.07. The van der Waals surface area contributed by atoms with Crippen molar-refractivity contribution in [3.63, 3.8) is 0 Å². The highest BCUT2D eigenvalue weighted by Gasteiger charge is 2.16. The summed E-state index contributed by atoms with van der Waals surface area (Å²) in [7, 11) is 0. The Labute approximate surface area is 206 Å². The molecule has 178 valence electrons. The number of carboxylic acids is 2. The number of carboxylic acid groups (broad SMARTS) is 2. The van der Waals surface area contributed by atoms with Crippen LogP contribution in [0.3, 0.4) is 0 Å². The van der Waals surface area contributed by atoms with Crippen molar-refractivity contribution < 1.29 is 24.2 Å². The van der Waals surface area contributed by atoms with E-state index < -0.39 is 11.9 Å². The van der Waals surface area contributed by atoms with E-state index >= 15 is 0 Å². The monoisotopic (exact) mass is 478 g/mol. The number of aromatic nitrogens is 1. The number of aromatic carboxylic acids is 2. The molecular formula is C29H22N2O5. The Balaban J connectivity index is 1.43. The van der Waals surface area contributed by atoms with Gasteiger partial charge in [-0.3, -0.25) is 4.99 Å². The van der Waals surface area contributed by atoms with Gasteiger partial charge < -0.3 is 19.2 Å². The maximum atomic E-state index is 11.5. The molecule has 0 aliphatic rings. The quantitative estimate of drug-likeness (QED) is 0.266. The van der Waals surface area contributed by atoms with Gasteiger partial charge in [0.05, 0.1) is 16.8 Å². The smallest absolute Gasteiger partial charge is 0.335 e. The van der Waals surface area contributed by atoms with Crippen molar-refractivity contribution in [3.8, 4) is 17.0 Å². The zero-order chi connectivity index (χ0) is 25.4. The summed E-state index contributed by atoms with van der Waals surface area (Å²) in [6, 6.07) is 23.6. The molecule has 7 nitrogen and oxygen atoms in total. The number of furan rings is 1. The lowest BCUT2D eigenvalue weighted by molar-refractivity contribution is 0.0696. The molecule has 5 aromatic rings. The number of aryl methyl sites for hydroxylation is 1. The van der Waals surface area contributed by atoms with Crippen LogP contribution in [0.5, 0.6) is 0 Å². The van der Waals surface area contributed by atoms with Gasteiger partial charge in [0.25, 0.3) is 0 Å². The Bertz CT molecular complexity index is 1590. The molecule has 0 aliphatic carbocycles. The highest BCUT2D eigenvalue weighted by atomic mass is 16.4. The van der Waals surface area contributed by atoms with Crippen LogP contribution in [0.25, 0.3) is 28.0 Å². The normalized spacial score (nSPS) is 11.4. The van der Waals surface area contributed by atoms with Gasteiger partial charge in [-0.15, -0.1) is 0 Å². The van der Waals surface area contributed by atoms with Crippen LogP contribution >= 0.6 is 0 Å². The van der Waals surface area contributed by atoms with Crippen LogP contribution in [0, 0.1) is 13.8 Å². The Hall–Kier alpha value is -4.91. The molecule has 7 heteroatoms. The highest BCUT2D eigenvalue weighted by Crippen LogP contribution is 2.29. The van der Waals surface area contributed by atoms with Crippen LogP contribution in [0.2, 0.25) is 0 Å². The second-order valence-corrected chi connectivity index (χ2v) is 8.49. The topological polar surface area (TPSA) is 105 Å². The SMILES string of the molecule is Cc1cc(C=Nc2ccc(-c3cc4ccccc4o3)cc2)c(C)n1-c1cc(C(=O)O)cc(C(=O)O)c1. The fourth-order valence-corrected chi connectivity index (χ4v) is 4.28. The van der Waals surface area contributed by atoms with Crippen LogP contribution in [-0.2, 0) is 0 Å². The van der Waals surface area contributed by atoms with Crippen LogP contribution in [-0.4, -0.2) is 32.9 Å². The number of hydrogen-bond donors (Lipinski definition) is 2. The van der Waals surface area contributed by atoms with Crippen LogP contribution in [0.1, 0.15) is 37.7 Å². The van der Waals surface area contributed by atoms with E-state index in [0.717, 1.165) is 51.0 Å². The van der Waals surface area contributed by atoms with E-state index in [4.69, 9.17) is 4.42 Å². The number of rotatable bonds is 6. The van der Waals surface area contributed by atoms with Crippen molar-refractivity contribution in [3.05, 3.63) is 107 Å². The zero-order valence-electron chi connectivity index (χ0n) is 19.6. The Morgan fingerprint density at radius 2 is 1.53 bits per heavy atom. The molecule has 0 saturated heterocycles. The standard InChI is InChI=1S/C29H22N2O5/c1-17-11-23(18(2)31(17)25-13-21(28(32)33)12-22(14-25)29(34)35)16-30-24-9-7-19(8-10-24)27-15-20-5-3-4-6-26(20)36-27/h3-16H,1-2H3,(H,32,33)(H,34,35). The van der Waals surface area contributed by atoms with Gasteiger partial charge in [-0.25, -0.2) is 9.59 Å². The van der Waals surface area contributed by atoms with Gasteiger partial charge in [-0.05, 0) is 74.5 Å². The molecule has 0 aliphatic heterocycles. The van der Waals surface area contributed by atoms with Crippen molar-refractivity contribution in [1.29, 1.82) is 0 Å². The maximum Gasteiger partial charge on any atom is 0.335 e. The molecule has 5 rings (SSSR count). The molecule has 0 spiro atoms. The Kier molecular flexibility index (Phi) is 5.74. The second kappa shape index (κ2) is 9.03. The molecule has 0 fully saturated rings. The summed E-state index contributed by atoms with van der Waals surface area (Å²) in [4.78, 5) is 27.6. The van der Waals surface area contributed by atoms with Gasteiger partial charge in [0.1, 0.15) is 11.3 Å². The van der Waals surface area contributed by atoms with Crippen molar-refractivity contribution in [2.75, 3.05) is 0 Å². The van der Waals surface area contributed by atoms with Crippen molar-refractivity contribution in [1.82, 2.24) is 4.57 Å². The Morgan fingerprint density at radius 3 is 2.17 bits per heavy atom. The van der Waals surface area contributed by atoms with Gasteiger partial charge in [-0.2, -0.15) is 0 Å². The molecule has 3 aromatic carbocycles. The van der Waals surface area contributed by atoms with E-state index in [-0.39, 0.29) is 11.1 Å². The number of carbonyl (C=O) groups is 2. The molecule has 0 amide bonds. The average Bonchev–Trinajstić information content (AvgIpc) is 3.42. The molecule has 0 bridgehead atoms. The molecule has 0 unspecified atom stereocenters. The Morgan fingerprint density at radius 1 is 0.861 bits per heavy atom. The molecular weight excluding hydrogens is 456 g/mol. The molecule has 36 heavy (non-hydrogen) atoms. The summed E-state index contributed by atoms with van der Waals surface area (Å²) >= 11 is 0.